The van der Waals surface area contributed by atoms with E-state index in [1.54, 1.807) is 30.3 Å². The van der Waals surface area contributed by atoms with Crippen LogP contribution in [0.15, 0.2) is 54.6 Å². The van der Waals surface area contributed by atoms with Gasteiger partial charge in [0.1, 0.15) is 0 Å². The quantitative estimate of drug-likeness (QED) is 0.783. The molecule has 0 saturated carbocycles. The first-order valence-electron chi connectivity index (χ1n) is 6.95. The Bertz CT molecular complexity index is 564. The number of para-hydroxylation sites is 1. The van der Waals surface area contributed by atoms with Crippen molar-refractivity contribution in [2.24, 2.45) is 0 Å². The third-order valence-corrected chi connectivity index (χ3v) is 3.37. The zero-order valence-electron chi connectivity index (χ0n) is 11.8. The molecule has 0 bridgehead atoms. The van der Waals surface area contributed by atoms with Crippen LogP contribution in [0.3, 0.4) is 0 Å². The first-order chi connectivity index (χ1) is 9.99. The van der Waals surface area contributed by atoms with E-state index < -0.39 is 18.6 Å². The van der Waals surface area contributed by atoms with Crippen molar-refractivity contribution in [3.05, 3.63) is 65.7 Å². The number of alkyl halides is 3. The fraction of sp³-hybridized carbons (Fsp3) is 0.294. The lowest BCUT2D eigenvalue weighted by Crippen LogP contribution is -2.20. The molecule has 2 aromatic rings. The molecule has 0 heterocycles. The van der Waals surface area contributed by atoms with E-state index in [0.29, 0.717) is 5.56 Å². The Morgan fingerprint density at radius 1 is 0.952 bits per heavy atom. The summed E-state index contributed by atoms with van der Waals surface area (Å²) in [6.45, 7) is 1.99. The third-order valence-electron chi connectivity index (χ3n) is 3.37. The van der Waals surface area contributed by atoms with Gasteiger partial charge in [0.2, 0.25) is 0 Å². The SMILES string of the molecule is CCc1ccccc1NC(CC(F)(F)F)c1ccccc1. The summed E-state index contributed by atoms with van der Waals surface area (Å²) >= 11 is 0. The average molecular weight is 293 g/mol. The van der Waals surface area contributed by atoms with Crippen LogP contribution >= 0.6 is 0 Å². The summed E-state index contributed by atoms with van der Waals surface area (Å²) in [5.74, 6) is 0. The molecule has 0 aromatic heterocycles. The van der Waals surface area contributed by atoms with Crippen molar-refractivity contribution in [3.8, 4) is 0 Å². The van der Waals surface area contributed by atoms with Crippen LogP contribution in [0.1, 0.15) is 30.5 Å². The molecule has 2 rings (SSSR count). The maximum Gasteiger partial charge on any atom is 0.391 e. The number of aryl methyl sites for hydroxylation is 1. The molecule has 0 aliphatic carbocycles. The van der Waals surface area contributed by atoms with Gasteiger partial charge < -0.3 is 5.32 Å². The summed E-state index contributed by atoms with van der Waals surface area (Å²) in [6, 6.07) is 15.5. The predicted molar refractivity (Wildman–Crippen MR) is 79.3 cm³/mol. The van der Waals surface area contributed by atoms with Crippen molar-refractivity contribution in [2.75, 3.05) is 5.32 Å². The minimum Gasteiger partial charge on any atom is -0.378 e. The van der Waals surface area contributed by atoms with Crippen molar-refractivity contribution < 1.29 is 13.2 Å². The molecular formula is C17H18F3N. The maximum absolute atomic E-state index is 12.8. The molecule has 1 nitrogen and oxygen atoms in total. The Labute approximate surface area is 122 Å². The highest BCUT2D eigenvalue weighted by Gasteiger charge is 2.32. The van der Waals surface area contributed by atoms with Gasteiger partial charge >= 0.3 is 6.18 Å². The van der Waals surface area contributed by atoms with E-state index in [1.165, 1.54) is 0 Å². The summed E-state index contributed by atoms with van der Waals surface area (Å²) in [7, 11) is 0. The fourth-order valence-corrected chi connectivity index (χ4v) is 2.33. The van der Waals surface area contributed by atoms with Crippen molar-refractivity contribution in [2.45, 2.75) is 32.0 Å². The molecule has 2 aromatic carbocycles. The molecular weight excluding hydrogens is 275 g/mol. The van der Waals surface area contributed by atoms with Gasteiger partial charge in [-0.25, -0.2) is 0 Å². The highest BCUT2D eigenvalue weighted by molar-refractivity contribution is 5.52. The molecule has 0 fully saturated rings. The molecule has 21 heavy (non-hydrogen) atoms. The van der Waals surface area contributed by atoms with E-state index in [1.807, 2.05) is 31.2 Å². The van der Waals surface area contributed by atoms with Crippen LogP contribution < -0.4 is 5.32 Å². The lowest BCUT2D eigenvalue weighted by atomic mass is 10.0. The number of anilines is 1. The minimum atomic E-state index is -4.21. The molecule has 112 valence electrons. The molecule has 0 aliphatic rings. The van der Waals surface area contributed by atoms with Crippen molar-refractivity contribution in [1.29, 1.82) is 0 Å². The van der Waals surface area contributed by atoms with Crippen LogP contribution in [0.5, 0.6) is 0 Å². The largest absolute Gasteiger partial charge is 0.391 e. The zero-order chi connectivity index (χ0) is 15.3. The number of benzene rings is 2. The summed E-state index contributed by atoms with van der Waals surface area (Å²) < 4.78 is 38.5. The molecule has 0 saturated heterocycles. The Balaban J connectivity index is 2.28. The number of halogens is 3. The van der Waals surface area contributed by atoms with E-state index in [9.17, 15) is 13.2 Å². The first-order valence-corrected chi connectivity index (χ1v) is 6.95. The van der Waals surface area contributed by atoms with E-state index in [4.69, 9.17) is 0 Å². The number of hydrogen-bond donors (Lipinski definition) is 1. The van der Waals surface area contributed by atoms with Gasteiger partial charge in [-0.05, 0) is 23.6 Å². The molecule has 4 heteroatoms. The molecule has 1 unspecified atom stereocenters. The van der Waals surface area contributed by atoms with Crippen LogP contribution in [0, 0.1) is 0 Å². The van der Waals surface area contributed by atoms with Crippen LogP contribution in [-0.2, 0) is 6.42 Å². The summed E-state index contributed by atoms with van der Waals surface area (Å²) in [4.78, 5) is 0. The Hall–Kier alpha value is -1.97. The maximum atomic E-state index is 12.8. The van der Waals surface area contributed by atoms with Crippen molar-refractivity contribution >= 4 is 5.69 Å². The van der Waals surface area contributed by atoms with Gasteiger partial charge in [0.15, 0.2) is 0 Å². The van der Waals surface area contributed by atoms with Gasteiger partial charge in [0, 0.05) is 5.69 Å². The van der Waals surface area contributed by atoms with Gasteiger partial charge in [0.05, 0.1) is 12.5 Å². The highest BCUT2D eigenvalue weighted by atomic mass is 19.4. The summed E-state index contributed by atoms with van der Waals surface area (Å²) in [5, 5.41) is 3.05. The Morgan fingerprint density at radius 2 is 1.57 bits per heavy atom. The first kappa shape index (κ1) is 15.4. The monoisotopic (exact) mass is 293 g/mol. The van der Waals surface area contributed by atoms with E-state index in [0.717, 1.165) is 17.7 Å². The second kappa shape index (κ2) is 6.66. The molecule has 0 amide bonds. The summed E-state index contributed by atoms with van der Waals surface area (Å²) in [6.07, 6.45) is -4.33. The van der Waals surface area contributed by atoms with E-state index >= 15 is 0 Å². The highest BCUT2D eigenvalue weighted by Crippen LogP contribution is 2.33. The van der Waals surface area contributed by atoms with Gasteiger partial charge in [-0.3, -0.25) is 0 Å². The fourth-order valence-electron chi connectivity index (χ4n) is 2.33. The normalized spacial score (nSPS) is 13.0. The zero-order valence-corrected chi connectivity index (χ0v) is 11.8. The number of nitrogens with one attached hydrogen (secondary N) is 1. The lowest BCUT2D eigenvalue weighted by molar-refractivity contribution is -0.137. The second-order valence-electron chi connectivity index (χ2n) is 4.94. The molecule has 0 aliphatic heterocycles. The molecule has 1 N–H and O–H groups in total. The van der Waals surface area contributed by atoms with Gasteiger partial charge in [-0.1, -0.05) is 55.5 Å². The van der Waals surface area contributed by atoms with Gasteiger partial charge in [0.25, 0.3) is 0 Å². The minimum absolute atomic E-state index is 0.640. The average Bonchev–Trinajstić information content (AvgIpc) is 2.47. The topological polar surface area (TPSA) is 12.0 Å². The van der Waals surface area contributed by atoms with Crippen LogP contribution in [0.4, 0.5) is 18.9 Å². The Morgan fingerprint density at radius 3 is 2.19 bits per heavy atom. The number of hydrogen-bond acceptors (Lipinski definition) is 1. The van der Waals surface area contributed by atoms with E-state index in [-0.39, 0.29) is 0 Å². The van der Waals surface area contributed by atoms with Crippen LogP contribution in [0.2, 0.25) is 0 Å². The van der Waals surface area contributed by atoms with E-state index in [2.05, 4.69) is 5.32 Å². The lowest BCUT2D eigenvalue weighted by Gasteiger charge is -2.23. The van der Waals surface area contributed by atoms with Crippen molar-refractivity contribution in [3.63, 3.8) is 0 Å². The Kier molecular flexibility index (Phi) is 4.89. The third kappa shape index (κ3) is 4.52. The van der Waals surface area contributed by atoms with Gasteiger partial charge in [-0.2, -0.15) is 13.2 Å². The molecule has 1 atom stereocenters. The molecule has 0 radical (unpaired) electrons. The van der Waals surface area contributed by atoms with Crippen molar-refractivity contribution in [1.82, 2.24) is 0 Å². The smallest absolute Gasteiger partial charge is 0.378 e. The second-order valence-corrected chi connectivity index (χ2v) is 4.94. The van der Waals surface area contributed by atoms with Gasteiger partial charge in [-0.15, -0.1) is 0 Å². The van der Waals surface area contributed by atoms with Crippen LogP contribution in [0.25, 0.3) is 0 Å². The molecule has 0 spiro atoms. The number of rotatable bonds is 5. The summed E-state index contributed by atoms with van der Waals surface area (Å²) in [5.41, 5.74) is 2.42. The predicted octanol–water partition coefficient (Wildman–Crippen LogP) is 5.35. The van der Waals surface area contributed by atoms with Crippen LogP contribution in [-0.4, -0.2) is 6.18 Å². The standard InChI is InChI=1S/C17H18F3N/c1-2-13-8-6-7-11-15(13)21-16(12-17(18,19)20)14-9-4-3-5-10-14/h3-11,16,21H,2,12H2,1H3.